The number of esters is 1. The van der Waals surface area contributed by atoms with Crippen molar-refractivity contribution in [1.29, 1.82) is 5.59 Å². The lowest BCUT2D eigenvalue weighted by atomic mass is 9.94. The van der Waals surface area contributed by atoms with Gasteiger partial charge in [0.1, 0.15) is 6.04 Å². The van der Waals surface area contributed by atoms with Gasteiger partial charge in [0.2, 0.25) is 0 Å². The zero-order valence-corrected chi connectivity index (χ0v) is 8.71. The minimum atomic E-state index is -0.0935. The first-order valence-corrected chi connectivity index (χ1v) is 4.84. The molecule has 0 aromatic carbocycles. The number of rotatable bonds is 2. The molecular weight excluding hydrogens is 184 g/mol. The average molecular weight is 202 g/mol. The van der Waals surface area contributed by atoms with Crippen molar-refractivity contribution in [3.8, 4) is 0 Å². The Hall–Kier alpha value is -0.970. The van der Waals surface area contributed by atoms with Crippen LogP contribution >= 0.6 is 0 Å². The smallest absolute Gasteiger partial charge is 0.323 e. The molecule has 0 radical (unpaired) electrons. The van der Waals surface area contributed by atoms with Gasteiger partial charge in [-0.2, -0.15) is 4.91 Å². The van der Waals surface area contributed by atoms with E-state index in [1.165, 1.54) is 0 Å². The Kier molecular flexibility index (Phi) is 6.92. The number of ether oxygens (including phenoxy) is 1. The molecule has 1 saturated heterocycles. The maximum atomic E-state index is 11.3. The van der Waals surface area contributed by atoms with Crippen LogP contribution in [0.25, 0.3) is 0 Å². The van der Waals surface area contributed by atoms with Gasteiger partial charge in [-0.15, -0.1) is 0 Å². The summed E-state index contributed by atoms with van der Waals surface area (Å²) in [5.41, 5.74) is 4.50. The van der Waals surface area contributed by atoms with E-state index in [0.29, 0.717) is 12.5 Å². The van der Waals surface area contributed by atoms with Crippen LogP contribution in [0, 0.1) is 16.4 Å². The van der Waals surface area contributed by atoms with Crippen molar-refractivity contribution in [3.63, 3.8) is 0 Å². The van der Waals surface area contributed by atoms with Crippen molar-refractivity contribution in [2.24, 2.45) is 5.92 Å². The van der Waals surface area contributed by atoms with Gasteiger partial charge in [-0.3, -0.25) is 4.79 Å². The molecule has 0 spiro atoms. The molecule has 0 aromatic rings. The summed E-state index contributed by atoms with van der Waals surface area (Å²) in [6, 6.07) is -0.0614. The van der Waals surface area contributed by atoms with Crippen molar-refractivity contribution in [2.75, 3.05) is 13.2 Å². The molecule has 14 heavy (non-hydrogen) atoms. The second kappa shape index (κ2) is 7.44. The van der Waals surface area contributed by atoms with Crippen LogP contribution in [0.2, 0.25) is 0 Å². The second-order valence-electron chi connectivity index (χ2n) is 3.39. The van der Waals surface area contributed by atoms with Crippen LogP contribution in [0.5, 0.6) is 0 Å². The molecule has 0 aromatic heterocycles. The Morgan fingerprint density at radius 2 is 2.21 bits per heavy atom. The number of hydrogen-bond acceptors (Lipinski definition) is 5. The van der Waals surface area contributed by atoms with E-state index in [1.54, 1.807) is 0 Å². The Balaban J connectivity index is 0.000000791. The van der Waals surface area contributed by atoms with E-state index < -0.39 is 0 Å². The minimum absolute atomic E-state index is 0.0614. The summed E-state index contributed by atoms with van der Waals surface area (Å²) in [6.07, 6.45) is 2.08. The molecule has 1 rings (SSSR count). The van der Waals surface area contributed by atoms with E-state index in [0.717, 1.165) is 19.4 Å². The van der Waals surface area contributed by atoms with Gasteiger partial charge in [-0.05, 0) is 32.2 Å². The third-order valence-corrected chi connectivity index (χ3v) is 2.24. The Labute approximate surface area is 84.0 Å². The first-order chi connectivity index (χ1) is 6.74. The maximum absolute atomic E-state index is 11.3. The molecule has 1 aliphatic heterocycles. The van der Waals surface area contributed by atoms with Crippen molar-refractivity contribution in [2.45, 2.75) is 32.7 Å². The summed E-state index contributed by atoms with van der Waals surface area (Å²) in [5.74, 6) is 0.546. The van der Waals surface area contributed by atoms with Gasteiger partial charge >= 0.3 is 5.97 Å². The van der Waals surface area contributed by atoms with E-state index in [1.807, 2.05) is 6.92 Å². The van der Waals surface area contributed by atoms with Gasteiger partial charge in [0.05, 0.1) is 6.61 Å². The van der Waals surface area contributed by atoms with Crippen molar-refractivity contribution in [3.05, 3.63) is 4.91 Å². The van der Waals surface area contributed by atoms with Crippen LogP contribution in [-0.4, -0.2) is 25.2 Å². The monoisotopic (exact) mass is 202 g/mol. The normalized spacial score (nSPS) is 25.9. The van der Waals surface area contributed by atoms with Gasteiger partial charge in [-0.25, -0.2) is 0 Å². The predicted molar refractivity (Wildman–Crippen MR) is 52.9 cm³/mol. The van der Waals surface area contributed by atoms with Crippen LogP contribution < -0.4 is 5.32 Å². The molecule has 0 saturated carbocycles. The van der Waals surface area contributed by atoms with E-state index >= 15 is 0 Å². The first-order valence-electron chi connectivity index (χ1n) is 4.84. The first kappa shape index (κ1) is 13.0. The molecule has 0 bridgehead atoms. The third kappa shape index (κ3) is 4.32. The highest BCUT2D eigenvalue weighted by Gasteiger charge is 2.25. The Morgan fingerprint density at radius 3 is 2.71 bits per heavy atom. The van der Waals surface area contributed by atoms with E-state index in [2.05, 4.69) is 17.8 Å². The fourth-order valence-electron chi connectivity index (χ4n) is 1.53. The third-order valence-electron chi connectivity index (χ3n) is 2.24. The van der Waals surface area contributed by atoms with Gasteiger partial charge in [0, 0.05) is 0 Å². The summed E-state index contributed by atoms with van der Waals surface area (Å²) >= 11 is 0. The van der Waals surface area contributed by atoms with Crippen LogP contribution in [-0.2, 0) is 9.53 Å². The maximum Gasteiger partial charge on any atom is 0.323 e. The molecule has 5 nitrogen and oxygen atoms in total. The zero-order valence-electron chi connectivity index (χ0n) is 8.71. The summed E-state index contributed by atoms with van der Waals surface area (Å²) in [7, 11) is 0. The van der Waals surface area contributed by atoms with Crippen LogP contribution in [0.15, 0.2) is 0 Å². The molecule has 1 aliphatic rings. The lowest BCUT2D eigenvalue weighted by Crippen LogP contribution is -2.43. The molecule has 2 N–H and O–H groups in total. The minimum Gasteiger partial charge on any atom is -0.465 e. The lowest BCUT2D eigenvalue weighted by molar-refractivity contribution is -0.146. The SMILES string of the molecule is CCOC(=O)C1CC(C)CCN1.N=O. The fourth-order valence-corrected chi connectivity index (χ4v) is 1.53. The van der Waals surface area contributed by atoms with Gasteiger partial charge < -0.3 is 10.1 Å². The Morgan fingerprint density at radius 1 is 1.57 bits per heavy atom. The zero-order chi connectivity index (χ0) is 11.0. The number of nitroso groups, excluding NO2 is 1. The molecule has 0 amide bonds. The number of carbonyl (C=O) groups is 1. The molecular formula is C9H18N2O3. The summed E-state index contributed by atoms with van der Waals surface area (Å²) in [5, 5.41) is 3.16. The van der Waals surface area contributed by atoms with Gasteiger partial charge in [0.15, 0.2) is 0 Å². The van der Waals surface area contributed by atoms with Gasteiger partial charge in [0.25, 0.3) is 0 Å². The lowest BCUT2D eigenvalue weighted by Gasteiger charge is -2.26. The standard InChI is InChI=1S/C9H17NO2.HNO/c1-3-12-9(11)8-6-7(2)4-5-10-8;1-2/h7-8,10H,3-6H2,1-2H3;1H. The Bertz CT molecular complexity index is 175. The molecule has 5 heteroatoms. The van der Waals surface area contributed by atoms with Crippen molar-refractivity contribution < 1.29 is 9.53 Å². The summed E-state index contributed by atoms with van der Waals surface area (Å²) in [4.78, 5) is 18.8. The van der Waals surface area contributed by atoms with Crippen LogP contribution in [0.1, 0.15) is 26.7 Å². The quantitative estimate of drug-likeness (QED) is 0.522. The highest BCUT2D eigenvalue weighted by Crippen LogP contribution is 2.15. The highest BCUT2D eigenvalue weighted by atomic mass is 16.5. The van der Waals surface area contributed by atoms with E-state index in [9.17, 15) is 4.79 Å². The van der Waals surface area contributed by atoms with Crippen LogP contribution in [0.3, 0.4) is 0 Å². The van der Waals surface area contributed by atoms with Crippen molar-refractivity contribution >= 4 is 5.97 Å². The second-order valence-corrected chi connectivity index (χ2v) is 3.39. The number of carbonyl (C=O) groups excluding carboxylic acids is 1. The fraction of sp³-hybridized carbons (Fsp3) is 0.889. The molecule has 2 atom stereocenters. The number of hydrogen-bond donors (Lipinski definition) is 2. The average Bonchev–Trinajstić information content (AvgIpc) is 2.21. The molecule has 1 heterocycles. The molecule has 1 fully saturated rings. The topological polar surface area (TPSA) is 79.2 Å². The molecule has 2 unspecified atom stereocenters. The van der Waals surface area contributed by atoms with Crippen molar-refractivity contribution in [1.82, 2.24) is 5.32 Å². The van der Waals surface area contributed by atoms with E-state index in [-0.39, 0.29) is 12.0 Å². The van der Waals surface area contributed by atoms with Gasteiger partial charge in [-0.1, -0.05) is 12.5 Å². The van der Waals surface area contributed by atoms with E-state index in [4.69, 9.17) is 9.64 Å². The molecule has 82 valence electrons. The summed E-state index contributed by atoms with van der Waals surface area (Å²) in [6.45, 7) is 5.42. The van der Waals surface area contributed by atoms with Crippen LogP contribution in [0.4, 0.5) is 0 Å². The predicted octanol–water partition coefficient (Wildman–Crippen LogP) is 1.27. The highest BCUT2D eigenvalue weighted by molar-refractivity contribution is 5.75. The number of piperidine rings is 1. The summed E-state index contributed by atoms with van der Waals surface area (Å²) < 4.78 is 4.93. The number of nitrogens with one attached hydrogen (secondary N) is 2. The largest absolute Gasteiger partial charge is 0.465 e. The molecule has 0 aliphatic carbocycles.